The van der Waals surface area contributed by atoms with Crippen LogP contribution >= 0.6 is 0 Å². The minimum Gasteiger partial charge on any atom is -0.406 e. The lowest BCUT2D eigenvalue weighted by Gasteiger charge is -2.19. The number of carbonyl (C=O) groups is 1. The largest absolute Gasteiger partial charge is 0.573 e. The second-order valence-corrected chi connectivity index (χ2v) is 6.67. The van der Waals surface area contributed by atoms with Gasteiger partial charge in [0.25, 0.3) is 0 Å². The van der Waals surface area contributed by atoms with Gasteiger partial charge in [-0.15, -0.1) is 36.5 Å². The van der Waals surface area contributed by atoms with Crippen molar-refractivity contribution in [2.24, 2.45) is 21.0 Å². The fourth-order valence-electron chi connectivity index (χ4n) is 2.23. The Labute approximate surface area is 194 Å². The molecule has 0 heterocycles. The molecule has 9 nitrogen and oxygen atoms in total. The number of nitrogens with two attached hydrogens (primary N) is 1. The van der Waals surface area contributed by atoms with E-state index in [2.05, 4.69) is 24.8 Å². The van der Waals surface area contributed by atoms with Crippen molar-refractivity contribution in [1.29, 1.82) is 0 Å². The summed E-state index contributed by atoms with van der Waals surface area (Å²) >= 11 is 0. The smallest absolute Gasteiger partial charge is 0.406 e. The monoisotopic (exact) mass is 504 g/mol. The number of hydrogen-bond acceptors (Lipinski definition) is 6. The van der Waals surface area contributed by atoms with Crippen LogP contribution in [0.2, 0.25) is 0 Å². The van der Waals surface area contributed by atoms with Crippen LogP contribution in [0.5, 0.6) is 11.5 Å². The molecule has 2 rings (SSSR count). The summed E-state index contributed by atoms with van der Waals surface area (Å²) < 4.78 is 80.9. The van der Waals surface area contributed by atoms with E-state index in [4.69, 9.17) is 5.73 Å². The third-order valence-electron chi connectivity index (χ3n) is 3.70. The second kappa shape index (κ2) is 11.2. The molecule has 35 heavy (non-hydrogen) atoms. The van der Waals surface area contributed by atoms with E-state index < -0.39 is 36.2 Å². The molecular weight excluding hydrogens is 486 g/mol. The number of carbonyl (C=O) groups excluding carboxylic acids is 1. The molecule has 2 amide bonds. The molecule has 0 aromatic heterocycles. The summed E-state index contributed by atoms with van der Waals surface area (Å²) in [5.41, 5.74) is 6.45. The maximum atomic E-state index is 12.4. The molecule has 2 N–H and O–H groups in total. The van der Waals surface area contributed by atoms with Crippen molar-refractivity contribution in [3.63, 3.8) is 0 Å². The summed E-state index contributed by atoms with van der Waals surface area (Å²) in [6.45, 7) is 0. The number of hydrogen-bond donors (Lipinski definition) is 1. The van der Waals surface area contributed by atoms with Gasteiger partial charge in [-0.3, -0.25) is 0 Å². The van der Waals surface area contributed by atoms with E-state index >= 15 is 0 Å². The molecule has 0 aliphatic heterocycles. The zero-order chi connectivity index (χ0) is 26.2. The van der Waals surface area contributed by atoms with Gasteiger partial charge in [-0.25, -0.2) is 4.79 Å². The van der Waals surface area contributed by atoms with Crippen LogP contribution in [0.3, 0.4) is 0 Å². The van der Waals surface area contributed by atoms with Gasteiger partial charge < -0.3 is 20.1 Å². The van der Waals surface area contributed by atoms with Crippen LogP contribution < -0.4 is 15.2 Å². The predicted octanol–water partition coefficient (Wildman–Crippen LogP) is 4.15. The predicted molar refractivity (Wildman–Crippen MR) is 114 cm³/mol. The summed E-state index contributed by atoms with van der Waals surface area (Å²) in [5, 5.41) is 11.9. The number of ether oxygens (including phenoxy) is 2. The van der Waals surface area contributed by atoms with Gasteiger partial charge in [-0.1, -0.05) is 0 Å². The second-order valence-electron chi connectivity index (χ2n) is 6.67. The van der Waals surface area contributed by atoms with Crippen LogP contribution in [0.25, 0.3) is 0 Å². The SMILES string of the molecule is CN(C)C(=O)N(N=Cc1ccc(OC(F)(F)F)cc1)C(N)=NN=Cc1ccc(OC(F)(F)F)cc1. The molecule has 2 aromatic carbocycles. The number of urea groups is 1. The summed E-state index contributed by atoms with van der Waals surface area (Å²) in [5.74, 6) is -1.33. The Hall–Kier alpha value is -4.30. The zero-order valence-corrected chi connectivity index (χ0v) is 18.1. The van der Waals surface area contributed by atoms with Crippen LogP contribution in [-0.2, 0) is 0 Å². The highest BCUT2D eigenvalue weighted by atomic mass is 19.4. The molecule has 0 fully saturated rings. The van der Waals surface area contributed by atoms with Gasteiger partial charge in [-0.05, 0) is 59.7 Å². The molecule has 0 unspecified atom stereocenters. The first-order valence-corrected chi connectivity index (χ1v) is 9.37. The number of amides is 2. The van der Waals surface area contributed by atoms with Crippen LogP contribution in [0.4, 0.5) is 31.1 Å². The van der Waals surface area contributed by atoms with Crippen molar-refractivity contribution in [2.75, 3.05) is 14.1 Å². The first kappa shape index (κ1) is 26.9. The number of halogens is 6. The maximum absolute atomic E-state index is 12.4. The van der Waals surface area contributed by atoms with Crippen LogP contribution in [0.15, 0.2) is 63.8 Å². The van der Waals surface area contributed by atoms with E-state index in [9.17, 15) is 31.1 Å². The number of nitrogens with zero attached hydrogens (tertiary/aromatic N) is 5. The summed E-state index contributed by atoms with van der Waals surface area (Å²) in [6.07, 6.45) is -7.36. The lowest BCUT2D eigenvalue weighted by molar-refractivity contribution is -0.275. The van der Waals surface area contributed by atoms with Gasteiger partial charge in [0.2, 0.25) is 5.96 Å². The van der Waals surface area contributed by atoms with Gasteiger partial charge in [0.15, 0.2) is 0 Å². The number of alkyl halides is 6. The Morgan fingerprint density at radius 2 is 1.26 bits per heavy atom. The average molecular weight is 504 g/mol. The van der Waals surface area contributed by atoms with Gasteiger partial charge in [0, 0.05) is 14.1 Å². The van der Waals surface area contributed by atoms with E-state index in [-0.39, 0.29) is 0 Å². The van der Waals surface area contributed by atoms with Crippen LogP contribution in [0, 0.1) is 0 Å². The minimum atomic E-state index is -4.84. The van der Waals surface area contributed by atoms with Gasteiger partial charge >= 0.3 is 18.8 Å². The summed E-state index contributed by atoms with van der Waals surface area (Å²) in [7, 11) is 2.82. The van der Waals surface area contributed by atoms with Gasteiger partial charge in [0.05, 0.1) is 12.4 Å². The number of hydrazone groups is 1. The molecule has 188 valence electrons. The minimum absolute atomic E-state index is 0.313. The Morgan fingerprint density at radius 3 is 1.66 bits per heavy atom. The van der Waals surface area contributed by atoms with Crippen molar-refractivity contribution in [2.45, 2.75) is 12.7 Å². The third-order valence-corrected chi connectivity index (χ3v) is 3.70. The van der Waals surface area contributed by atoms with Crippen molar-refractivity contribution in [3.8, 4) is 11.5 Å². The fourth-order valence-corrected chi connectivity index (χ4v) is 2.23. The fraction of sp³-hybridized carbons (Fsp3) is 0.200. The molecule has 0 saturated carbocycles. The standard InChI is InChI=1S/C20H18F6N6O3/c1-31(2)18(33)32(29-12-14-5-9-16(10-6-14)35-20(24,25)26)17(27)30-28-11-13-3-7-15(8-4-13)34-19(21,22)23/h3-12H,1-2H3,(H2,27,30). The molecular formula is C20H18F6N6O3. The van der Waals surface area contributed by atoms with E-state index in [1.54, 1.807) is 0 Å². The Balaban J connectivity index is 2.14. The summed E-state index contributed by atoms with van der Waals surface area (Å²) in [6, 6.07) is 8.62. The van der Waals surface area contributed by atoms with Gasteiger partial charge in [-0.2, -0.15) is 10.2 Å². The Kier molecular flexibility index (Phi) is 8.64. The lowest BCUT2D eigenvalue weighted by atomic mass is 10.2. The molecule has 0 aliphatic rings. The molecule has 0 atom stereocenters. The molecule has 0 aliphatic carbocycles. The highest BCUT2D eigenvalue weighted by Crippen LogP contribution is 2.23. The first-order valence-electron chi connectivity index (χ1n) is 9.37. The average Bonchev–Trinajstić information content (AvgIpc) is 2.74. The highest BCUT2D eigenvalue weighted by molar-refractivity contribution is 5.96. The molecule has 0 saturated heterocycles. The number of benzene rings is 2. The molecule has 15 heteroatoms. The van der Waals surface area contributed by atoms with E-state index in [0.29, 0.717) is 16.1 Å². The van der Waals surface area contributed by atoms with E-state index in [1.807, 2.05) is 0 Å². The maximum Gasteiger partial charge on any atom is 0.573 e. The van der Waals surface area contributed by atoms with E-state index in [1.165, 1.54) is 38.4 Å². The highest BCUT2D eigenvalue weighted by Gasteiger charge is 2.31. The molecule has 2 aromatic rings. The Morgan fingerprint density at radius 1 is 0.829 bits per heavy atom. The normalized spacial score (nSPS) is 12.7. The van der Waals surface area contributed by atoms with Crippen molar-refractivity contribution in [3.05, 3.63) is 59.7 Å². The van der Waals surface area contributed by atoms with E-state index in [0.717, 1.165) is 41.6 Å². The van der Waals surface area contributed by atoms with Gasteiger partial charge in [0.1, 0.15) is 11.5 Å². The summed E-state index contributed by atoms with van der Waals surface area (Å²) in [4.78, 5) is 13.5. The lowest BCUT2D eigenvalue weighted by Crippen LogP contribution is -2.43. The molecule has 0 bridgehead atoms. The zero-order valence-electron chi connectivity index (χ0n) is 18.1. The number of rotatable bonds is 6. The number of guanidine groups is 1. The van der Waals surface area contributed by atoms with Crippen molar-refractivity contribution >= 4 is 24.4 Å². The van der Waals surface area contributed by atoms with Crippen molar-refractivity contribution in [1.82, 2.24) is 9.91 Å². The first-order chi connectivity index (χ1) is 16.2. The van der Waals surface area contributed by atoms with Crippen molar-refractivity contribution < 1.29 is 40.6 Å². The molecule has 0 radical (unpaired) electrons. The topological polar surface area (TPSA) is 105 Å². The quantitative estimate of drug-likeness (QED) is 0.276. The van der Waals surface area contributed by atoms with Crippen LogP contribution in [0.1, 0.15) is 11.1 Å². The molecule has 0 spiro atoms. The third kappa shape index (κ3) is 9.61. The van der Waals surface area contributed by atoms with Crippen LogP contribution in [-0.4, -0.2) is 61.1 Å². The Bertz CT molecular complexity index is 1080.